The van der Waals surface area contributed by atoms with Crippen LogP contribution in [0, 0.1) is 18.8 Å². The van der Waals surface area contributed by atoms with Crippen molar-refractivity contribution < 1.29 is 18.0 Å². The first-order chi connectivity index (χ1) is 12.5. The summed E-state index contributed by atoms with van der Waals surface area (Å²) >= 11 is 0. The average Bonchev–Trinajstić information content (AvgIpc) is 2.55. The van der Waals surface area contributed by atoms with E-state index in [0.717, 1.165) is 5.56 Å². The molecular formula is C20H24N2O4S. The van der Waals surface area contributed by atoms with Gasteiger partial charge in [-0.1, -0.05) is 45.4 Å². The van der Waals surface area contributed by atoms with Gasteiger partial charge in [0.15, 0.2) is 5.78 Å². The van der Waals surface area contributed by atoms with Gasteiger partial charge in [0, 0.05) is 11.1 Å². The molecule has 6 nitrogen and oxygen atoms in total. The summed E-state index contributed by atoms with van der Waals surface area (Å²) in [4.78, 5) is 28.5. The van der Waals surface area contributed by atoms with E-state index in [2.05, 4.69) is 4.99 Å². The van der Waals surface area contributed by atoms with Crippen molar-refractivity contribution in [3.8, 4) is 0 Å². The second kappa shape index (κ2) is 8.00. The molecule has 0 bridgehead atoms. The number of carbonyl (C=O) groups excluding carboxylic acids is 2. The molecular weight excluding hydrogens is 364 g/mol. The minimum absolute atomic E-state index is 0.0164. The molecule has 144 valence electrons. The zero-order valence-electron chi connectivity index (χ0n) is 16.1. The number of amides is 2. The maximum Gasteiger partial charge on any atom is 0.355 e. The van der Waals surface area contributed by atoms with Gasteiger partial charge in [-0.2, -0.15) is 4.99 Å². The zero-order valence-corrected chi connectivity index (χ0v) is 16.9. The number of benzene rings is 1. The molecule has 0 aromatic heterocycles. The van der Waals surface area contributed by atoms with Gasteiger partial charge >= 0.3 is 6.03 Å². The highest BCUT2D eigenvalue weighted by Crippen LogP contribution is 2.25. The van der Waals surface area contributed by atoms with Gasteiger partial charge in [-0.3, -0.25) is 4.79 Å². The molecule has 0 spiro atoms. The van der Waals surface area contributed by atoms with Crippen molar-refractivity contribution >= 4 is 27.5 Å². The van der Waals surface area contributed by atoms with Crippen molar-refractivity contribution in [2.24, 2.45) is 16.8 Å². The van der Waals surface area contributed by atoms with Gasteiger partial charge in [-0.15, -0.1) is 0 Å². The van der Waals surface area contributed by atoms with Crippen LogP contribution in [0.3, 0.4) is 0 Å². The van der Waals surface area contributed by atoms with Gasteiger partial charge < -0.3 is 0 Å². The van der Waals surface area contributed by atoms with Gasteiger partial charge in [-0.05, 0) is 43.0 Å². The minimum atomic E-state index is -4.01. The number of nitrogens with one attached hydrogen (secondary N) is 1. The maximum absolute atomic E-state index is 12.5. The number of carbonyl (C=O) groups is 2. The van der Waals surface area contributed by atoms with E-state index in [-0.39, 0.29) is 28.2 Å². The lowest BCUT2D eigenvalue weighted by Crippen LogP contribution is -2.29. The van der Waals surface area contributed by atoms with E-state index < -0.39 is 16.1 Å². The molecule has 1 N–H and O–H groups in total. The molecule has 0 unspecified atom stereocenters. The number of ketones is 1. The Kier molecular flexibility index (Phi) is 6.15. The highest BCUT2D eigenvalue weighted by atomic mass is 32.2. The number of aryl methyl sites for hydroxylation is 1. The minimum Gasteiger partial charge on any atom is -0.289 e. The molecule has 1 aliphatic rings. The number of rotatable bonds is 4. The normalized spacial score (nSPS) is 14.9. The number of aliphatic imine (C=N–C) groups is 1. The number of hydrogen-bond acceptors (Lipinski definition) is 4. The van der Waals surface area contributed by atoms with Crippen LogP contribution in [0.15, 0.2) is 57.5 Å². The third-order valence-corrected chi connectivity index (χ3v) is 5.49. The Bertz CT molecular complexity index is 920. The Morgan fingerprint density at radius 2 is 1.44 bits per heavy atom. The van der Waals surface area contributed by atoms with Crippen LogP contribution in [-0.2, 0) is 14.8 Å². The van der Waals surface area contributed by atoms with E-state index in [4.69, 9.17) is 0 Å². The van der Waals surface area contributed by atoms with Crippen LogP contribution in [0.1, 0.15) is 33.3 Å². The second-order valence-electron chi connectivity index (χ2n) is 7.10. The molecule has 0 atom stereocenters. The van der Waals surface area contributed by atoms with E-state index in [1.165, 1.54) is 24.3 Å². The summed E-state index contributed by atoms with van der Waals surface area (Å²) in [5, 5.41) is 0. The lowest BCUT2D eigenvalue weighted by Gasteiger charge is -2.19. The van der Waals surface area contributed by atoms with E-state index in [1.54, 1.807) is 12.1 Å². The molecule has 1 aromatic rings. The lowest BCUT2D eigenvalue weighted by molar-refractivity contribution is -0.113. The summed E-state index contributed by atoms with van der Waals surface area (Å²) in [5.41, 5.74) is 2.27. The van der Waals surface area contributed by atoms with Gasteiger partial charge in [-0.25, -0.2) is 17.9 Å². The molecule has 1 aliphatic carbocycles. The number of nitrogens with zero attached hydrogens (tertiary/aromatic N) is 1. The zero-order chi connectivity index (χ0) is 20.4. The molecule has 7 heteroatoms. The summed E-state index contributed by atoms with van der Waals surface area (Å²) in [6.07, 6.45) is 3.08. The predicted octanol–water partition coefficient (Wildman–Crippen LogP) is 3.58. The SMILES string of the molecule is Cc1ccc(S(=O)(=O)NC(=O)N=C2C=C(C(C)C)C(=O)C(C(C)C)=C2)cc1. The monoisotopic (exact) mass is 388 g/mol. The first-order valence-corrected chi connectivity index (χ1v) is 10.2. The Morgan fingerprint density at radius 3 is 1.89 bits per heavy atom. The van der Waals surface area contributed by atoms with Crippen molar-refractivity contribution in [1.82, 2.24) is 4.72 Å². The van der Waals surface area contributed by atoms with Crippen molar-refractivity contribution in [2.75, 3.05) is 0 Å². The van der Waals surface area contributed by atoms with Crippen molar-refractivity contribution in [1.29, 1.82) is 0 Å². The molecule has 2 amide bonds. The number of Topliss-reactive ketones (excluding diaryl/α,β-unsaturated/α-hetero) is 1. The number of sulfonamides is 1. The maximum atomic E-state index is 12.5. The second-order valence-corrected chi connectivity index (χ2v) is 8.78. The van der Waals surface area contributed by atoms with Crippen LogP contribution in [-0.4, -0.2) is 25.9 Å². The van der Waals surface area contributed by atoms with Crippen LogP contribution >= 0.6 is 0 Å². The third-order valence-electron chi connectivity index (χ3n) is 4.16. The number of urea groups is 1. The Balaban J connectivity index is 2.31. The van der Waals surface area contributed by atoms with Crippen LogP contribution in [0.5, 0.6) is 0 Å². The molecule has 0 radical (unpaired) electrons. The van der Waals surface area contributed by atoms with Crippen LogP contribution < -0.4 is 4.72 Å². The van der Waals surface area contributed by atoms with E-state index in [0.29, 0.717) is 11.1 Å². The molecule has 27 heavy (non-hydrogen) atoms. The van der Waals surface area contributed by atoms with Crippen molar-refractivity contribution in [2.45, 2.75) is 39.5 Å². The Morgan fingerprint density at radius 1 is 0.963 bits per heavy atom. The van der Waals surface area contributed by atoms with Crippen LogP contribution in [0.4, 0.5) is 4.79 Å². The molecule has 1 aromatic carbocycles. The smallest absolute Gasteiger partial charge is 0.289 e. The molecule has 0 fully saturated rings. The Labute approximate surface area is 160 Å². The van der Waals surface area contributed by atoms with E-state index >= 15 is 0 Å². The highest BCUT2D eigenvalue weighted by Gasteiger charge is 2.25. The van der Waals surface area contributed by atoms with Gasteiger partial charge in [0.2, 0.25) is 0 Å². The summed E-state index contributed by atoms with van der Waals surface area (Å²) < 4.78 is 26.6. The molecule has 0 saturated carbocycles. The summed E-state index contributed by atoms with van der Waals surface area (Å²) in [7, 11) is -4.01. The highest BCUT2D eigenvalue weighted by molar-refractivity contribution is 7.90. The van der Waals surface area contributed by atoms with Gasteiger partial charge in [0.1, 0.15) is 0 Å². The fraction of sp³-hybridized carbons (Fsp3) is 0.350. The summed E-state index contributed by atoms with van der Waals surface area (Å²) in [6.45, 7) is 9.36. The number of allylic oxidation sites excluding steroid dienone is 4. The van der Waals surface area contributed by atoms with Crippen molar-refractivity contribution in [3.05, 3.63) is 53.1 Å². The quantitative estimate of drug-likeness (QED) is 0.798. The standard InChI is InChI=1S/C20H24N2O4S/c1-12(2)17-10-15(11-18(13(3)4)19(17)23)21-20(24)22-27(25,26)16-8-6-14(5)7-9-16/h6-13H,1-5H3,(H,22,24). The molecule has 0 heterocycles. The fourth-order valence-corrected chi connectivity index (χ4v) is 3.50. The molecule has 0 aliphatic heterocycles. The van der Waals surface area contributed by atoms with Gasteiger partial charge in [0.25, 0.3) is 10.0 Å². The third kappa shape index (κ3) is 5.01. The molecule has 2 rings (SSSR count). The summed E-state index contributed by atoms with van der Waals surface area (Å²) in [5.74, 6) is -0.138. The van der Waals surface area contributed by atoms with Crippen LogP contribution in [0.2, 0.25) is 0 Å². The largest absolute Gasteiger partial charge is 0.355 e. The lowest BCUT2D eigenvalue weighted by atomic mass is 9.84. The number of hydrogen-bond donors (Lipinski definition) is 1. The summed E-state index contributed by atoms with van der Waals surface area (Å²) in [6, 6.07) is 5.13. The molecule has 0 saturated heterocycles. The first-order valence-electron chi connectivity index (χ1n) is 8.71. The average molecular weight is 388 g/mol. The van der Waals surface area contributed by atoms with Crippen LogP contribution in [0.25, 0.3) is 0 Å². The van der Waals surface area contributed by atoms with E-state index in [9.17, 15) is 18.0 Å². The topological polar surface area (TPSA) is 92.7 Å². The van der Waals surface area contributed by atoms with E-state index in [1.807, 2.05) is 39.3 Å². The van der Waals surface area contributed by atoms with Gasteiger partial charge in [0.05, 0.1) is 10.6 Å². The fourth-order valence-electron chi connectivity index (χ4n) is 2.61. The first kappa shape index (κ1) is 20.8. The van der Waals surface area contributed by atoms with Crippen molar-refractivity contribution in [3.63, 3.8) is 0 Å². The Hall–Kier alpha value is -2.54. The predicted molar refractivity (Wildman–Crippen MR) is 105 cm³/mol.